The van der Waals surface area contributed by atoms with Gasteiger partial charge in [0.15, 0.2) is 29.0 Å². The van der Waals surface area contributed by atoms with Crippen LogP contribution in [0, 0.1) is 58.6 Å². The summed E-state index contributed by atoms with van der Waals surface area (Å²) in [5.41, 5.74) is -2.11. The maximum absolute atomic E-state index is 15.7. The Bertz CT molecular complexity index is 1830. The van der Waals surface area contributed by atoms with Gasteiger partial charge in [-0.1, -0.05) is 35.4 Å². The van der Waals surface area contributed by atoms with E-state index in [2.05, 4.69) is 0 Å². The highest BCUT2D eigenvalue weighted by Crippen LogP contribution is 2.63. The molecular formula is C28H18F4N3O4P. The molecule has 4 aromatic rings. The number of nitro groups is 1. The van der Waals surface area contributed by atoms with Crippen molar-refractivity contribution in [1.29, 1.82) is 5.26 Å². The standard InChI is InChI=1S/C28H18F4N3O4P/c1-14-5-4-6-16(9-14)40(38)23-10-15(2)7-8-17(23)18-11-21(35(36)37)22(39-3)12-20(18)34(40)28-26(31)24(29)19(13-33)25(30)27(28)32/h4-12H,1-3H3. The summed E-state index contributed by atoms with van der Waals surface area (Å²) in [6, 6.07) is 14.2. The van der Waals surface area contributed by atoms with Crippen LogP contribution in [-0.4, -0.2) is 12.0 Å². The van der Waals surface area contributed by atoms with Gasteiger partial charge in [0.2, 0.25) is 7.29 Å². The second-order valence-electron chi connectivity index (χ2n) is 9.14. The quantitative estimate of drug-likeness (QED) is 0.0896. The molecule has 0 amide bonds. The van der Waals surface area contributed by atoms with Crippen molar-refractivity contribution in [2.45, 2.75) is 13.8 Å². The highest BCUT2D eigenvalue weighted by molar-refractivity contribution is 7.80. The molecule has 0 aliphatic carbocycles. The Kier molecular flexibility index (Phi) is 6.39. The molecule has 1 aliphatic heterocycles. The molecule has 0 saturated carbocycles. The molecule has 0 aromatic heterocycles. The summed E-state index contributed by atoms with van der Waals surface area (Å²) in [6.07, 6.45) is 0. The number of hydrogen-bond donors (Lipinski definition) is 0. The van der Waals surface area contributed by atoms with Crippen LogP contribution in [0.2, 0.25) is 0 Å². The number of nitro benzene ring substituents is 1. The van der Waals surface area contributed by atoms with Gasteiger partial charge in [-0.15, -0.1) is 0 Å². The van der Waals surface area contributed by atoms with Crippen molar-refractivity contribution in [3.05, 3.63) is 105 Å². The minimum Gasteiger partial charge on any atom is -0.490 e. The average Bonchev–Trinajstić information content (AvgIpc) is 2.93. The van der Waals surface area contributed by atoms with Gasteiger partial charge in [0, 0.05) is 28.3 Å². The number of benzene rings is 4. The molecule has 5 rings (SSSR count). The number of ether oxygens (including phenoxy) is 1. The number of methoxy groups -OCH3 is 1. The monoisotopic (exact) mass is 567 g/mol. The molecule has 0 N–H and O–H groups in total. The van der Waals surface area contributed by atoms with Gasteiger partial charge in [-0.2, -0.15) is 5.26 Å². The number of anilines is 2. The zero-order valence-electron chi connectivity index (χ0n) is 21.1. The fourth-order valence-electron chi connectivity index (χ4n) is 4.87. The van der Waals surface area contributed by atoms with Gasteiger partial charge < -0.3 is 4.74 Å². The molecule has 40 heavy (non-hydrogen) atoms. The van der Waals surface area contributed by atoms with Crippen LogP contribution in [0.4, 0.5) is 34.6 Å². The van der Waals surface area contributed by atoms with Gasteiger partial charge in [-0.25, -0.2) is 17.6 Å². The minimum absolute atomic E-state index is 0.0191. The summed E-state index contributed by atoms with van der Waals surface area (Å²) < 4.78 is 82.7. The van der Waals surface area contributed by atoms with Crippen LogP contribution in [-0.2, 0) is 4.57 Å². The van der Waals surface area contributed by atoms with Gasteiger partial charge in [-0.05, 0) is 37.6 Å². The van der Waals surface area contributed by atoms with E-state index in [1.165, 1.54) is 18.2 Å². The van der Waals surface area contributed by atoms with Gasteiger partial charge in [0.05, 0.1) is 17.7 Å². The molecule has 0 fully saturated rings. The molecule has 4 aromatic carbocycles. The highest BCUT2D eigenvalue weighted by atomic mass is 31.2. The van der Waals surface area contributed by atoms with E-state index < -0.39 is 52.4 Å². The summed E-state index contributed by atoms with van der Waals surface area (Å²) in [7, 11) is -3.32. The van der Waals surface area contributed by atoms with E-state index in [0.717, 1.165) is 25.3 Å². The normalized spacial score (nSPS) is 15.7. The lowest BCUT2D eigenvalue weighted by atomic mass is 10.00. The lowest BCUT2D eigenvalue weighted by Gasteiger charge is -2.40. The Hall–Kier alpha value is -4.68. The number of nitriles is 1. The Balaban J connectivity index is 2.04. The SMILES string of the molecule is COc1cc2c(cc1[N+](=O)[O-])-c1ccc(C)cc1P(=O)(c1cccc(C)c1)N2c1c(F)c(F)c(C#N)c(F)c1F. The van der Waals surface area contributed by atoms with Gasteiger partial charge in [0.1, 0.15) is 17.3 Å². The molecule has 7 nitrogen and oxygen atoms in total. The highest BCUT2D eigenvalue weighted by Gasteiger charge is 2.47. The Labute approximate surface area is 225 Å². The first-order chi connectivity index (χ1) is 18.9. The summed E-state index contributed by atoms with van der Waals surface area (Å²) in [6.45, 7) is 3.38. The first kappa shape index (κ1) is 26.9. The van der Waals surface area contributed by atoms with Crippen molar-refractivity contribution in [3.63, 3.8) is 0 Å². The topological polar surface area (TPSA) is 96.5 Å². The maximum Gasteiger partial charge on any atom is 0.311 e. The number of hydrogen-bond acceptors (Lipinski definition) is 5. The Morgan fingerprint density at radius 3 is 2.15 bits per heavy atom. The third-order valence-electron chi connectivity index (χ3n) is 6.69. The van der Waals surface area contributed by atoms with Crippen molar-refractivity contribution in [2.24, 2.45) is 0 Å². The minimum atomic E-state index is -4.45. The molecule has 0 saturated heterocycles. The number of rotatable bonds is 4. The van der Waals surface area contributed by atoms with Crippen LogP contribution in [0.15, 0.2) is 54.6 Å². The molecule has 1 unspecified atom stereocenters. The Morgan fingerprint density at radius 1 is 0.925 bits per heavy atom. The van der Waals surface area contributed by atoms with Crippen molar-refractivity contribution < 1.29 is 31.8 Å². The third kappa shape index (κ3) is 3.75. The second-order valence-corrected chi connectivity index (χ2v) is 11.7. The van der Waals surface area contributed by atoms with Crippen LogP contribution in [0.3, 0.4) is 0 Å². The van der Waals surface area contributed by atoms with Crippen molar-refractivity contribution in [3.8, 4) is 22.9 Å². The zero-order chi connectivity index (χ0) is 29.1. The van der Waals surface area contributed by atoms with E-state index in [9.17, 15) is 18.9 Å². The van der Waals surface area contributed by atoms with Crippen LogP contribution in [0.1, 0.15) is 16.7 Å². The third-order valence-corrected chi connectivity index (χ3v) is 9.67. The number of aryl methyl sites for hydroxylation is 2. The summed E-state index contributed by atoms with van der Waals surface area (Å²) >= 11 is 0. The number of nitrogens with zero attached hydrogens (tertiary/aromatic N) is 3. The van der Waals surface area contributed by atoms with Crippen molar-refractivity contribution >= 4 is 35.0 Å². The average molecular weight is 567 g/mol. The Morgan fingerprint density at radius 2 is 1.57 bits per heavy atom. The van der Waals surface area contributed by atoms with Crippen LogP contribution in [0.5, 0.6) is 5.75 Å². The fourth-order valence-corrected chi connectivity index (χ4v) is 8.09. The molecule has 1 aliphatic rings. The lowest BCUT2D eigenvalue weighted by Crippen LogP contribution is -2.35. The predicted molar refractivity (Wildman–Crippen MR) is 141 cm³/mol. The van der Waals surface area contributed by atoms with Crippen molar-refractivity contribution in [2.75, 3.05) is 11.8 Å². The van der Waals surface area contributed by atoms with Gasteiger partial charge in [0.25, 0.3) is 0 Å². The molecule has 0 bridgehead atoms. The number of fused-ring (bicyclic) bond motifs is 3. The molecule has 0 spiro atoms. The zero-order valence-corrected chi connectivity index (χ0v) is 22.0. The van der Waals surface area contributed by atoms with E-state index >= 15 is 13.3 Å². The first-order valence-corrected chi connectivity index (χ1v) is 13.3. The van der Waals surface area contributed by atoms with E-state index in [0.29, 0.717) is 15.8 Å². The predicted octanol–water partition coefficient (Wildman–Crippen LogP) is 6.70. The smallest absolute Gasteiger partial charge is 0.311 e. The van der Waals surface area contributed by atoms with E-state index in [1.807, 2.05) is 0 Å². The largest absolute Gasteiger partial charge is 0.490 e. The van der Waals surface area contributed by atoms with Gasteiger partial charge >= 0.3 is 5.69 Å². The van der Waals surface area contributed by atoms with E-state index in [4.69, 9.17) is 10.00 Å². The summed E-state index contributed by atoms with van der Waals surface area (Å²) in [5, 5.41) is 21.1. The number of halogens is 4. The van der Waals surface area contributed by atoms with Crippen molar-refractivity contribution in [1.82, 2.24) is 0 Å². The molecule has 1 atom stereocenters. The first-order valence-electron chi connectivity index (χ1n) is 11.7. The summed E-state index contributed by atoms with van der Waals surface area (Å²) in [4.78, 5) is 11.1. The molecular weight excluding hydrogens is 549 g/mol. The molecule has 12 heteroatoms. The van der Waals surface area contributed by atoms with E-state index in [-0.39, 0.29) is 33.2 Å². The molecule has 202 valence electrons. The van der Waals surface area contributed by atoms with E-state index in [1.54, 1.807) is 38.1 Å². The second kappa shape index (κ2) is 9.50. The lowest BCUT2D eigenvalue weighted by molar-refractivity contribution is -0.385. The summed E-state index contributed by atoms with van der Waals surface area (Å²) in [5.74, 6) is -8.21. The molecule has 1 heterocycles. The molecule has 0 radical (unpaired) electrons. The van der Waals surface area contributed by atoms with Crippen LogP contribution in [0.25, 0.3) is 11.1 Å². The van der Waals surface area contributed by atoms with Crippen LogP contribution < -0.4 is 20.0 Å². The fraction of sp³-hybridized carbons (Fsp3) is 0.107. The maximum atomic E-state index is 15.7. The van der Waals surface area contributed by atoms with Gasteiger partial charge in [-0.3, -0.25) is 19.3 Å². The van der Waals surface area contributed by atoms with Crippen LogP contribution >= 0.6 is 7.29 Å².